The van der Waals surface area contributed by atoms with E-state index in [9.17, 15) is 13.2 Å². The van der Waals surface area contributed by atoms with Crippen molar-refractivity contribution in [3.05, 3.63) is 47.5 Å². The second kappa shape index (κ2) is 6.17. The summed E-state index contributed by atoms with van der Waals surface area (Å²) < 4.78 is 46.0. The van der Waals surface area contributed by atoms with E-state index in [4.69, 9.17) is 9.84 Å². The lowest BCUT2D eigenvalue weighted by molar-refractivity contribution is -0.139. The minimum atomic E-state index is -4.54. The Hall–Kier alpha value is -2.02. The third kappa shape index (κ3) is 3.55. The van der Waals surface area contributed by atoms with Crippen molar-refractivity contribution >= 4 is 0 Å². The molecule has 0 aliphatic heterocycles. The topological polar surface area (TPSA) is 47.3 Å². The summed E-state index contributed by atoms with van der Waals surface area (Å²) in [7, 11) is 0. The quantitative estimate of drug-likeness (QED) is 0.923. The number of benzene rings is 1. The van der Waals surface area contributed by atoms with Crippen molar-refractivity contribution in [3.8, 4) is 5.75 Å². The predicted molar refractivity (Wildman–Crippen MR) is 69.6 cm³/mol. The predicted octanol–water partition coefficient (Wildman–Crippen LogP) is 2.99. The Bertz CT molecular complexity index is 609. The number of hydrogen-bond donors (Lipinski definition) is 1. The van der Waals surface area contributed by atoms with Gasteiger partial charge in [-0.3, -0.25) is 0 Å². The van der Waals surface area contributed by atoms with Crippen molar-refractivity contribution in [2.45, 2.75) is 32.9 Å². The van der Waals surface area contributed by atoms with Crippen LogP contribution in [-0.4, -0.2) is 14.7 Å². The summed E-state index contributed by atoms with van der Waals surface area (Å²) in [6, 6.07) is 3.51. The van der Waals surface area contributed by atoms with Crippen molar-refractivity contribution in [3.63, 3.8) is 0 Å². The number of halogens is 3. The Morgan fingerprint density at radius 3 is 2.71 bits per heavy atom. The van der Waals surface area contributed by atoms with E-state index in [1.165, 1.54) is 12.1 Å². The Labute approximate surface area is 119 Å². The number of aliphatic hydroxyl groups excluding tert-OH is 1. The molecule has 0 saturated carbocycles. The van der Waals surface area contributed by atoms with Crippen LogP contribution in [0.2, 0.25) is 0 Å². The van der Waals surface area contributed by atoms with Crippen LogP contribution >= 0.6 is 0 Å². The van der Waals surface area contributed by atoms with Crippen molar-refractivity contribution < 1.29 is 23.0 Å². The van der Waals surface area contributed by atoms with E-state index in [0.717, 1.165) is 6.07 Å². The van der Waals surface area contributed by atoms with Gasteiger partial charge in [0.25, 0.3) is 0 Å². The largest absolute Gasteiger partial charge is 0.485 e. The van der Waals surface area contributed by atoms with Crippen molar-refractivity contribution in [2.75, 3.05) is 0 Å². The lowest BCUT2D eigenvalue weighted by Crippen LogP contribution is -2.11. The van der Waals surface area contributed by atoms with Gasteiger partial charge < -0.3 is 14.4 Å². The highest BCUT2D eigenvalue weighted by atomic mass is 19.4. The maximum absolute atomic E-state index is 13.0. The Morgan fingerprint density at radius 2 is 2.10 bits per heavy atom. The molecule has 0 saturated heterocycles. The summed E-state index contributed by atoms with van der Waals surface area (Å²) >= 11 is 0. The van der Waals surface area contributed by atoms with E-state index >= 15 is 0 Å². The molecule has 4 nitrogen and oxygen atoms in total. The van der Waals surface area contributed by atoms with Crippen LogP contribution < -0.4 is 4.74 Å². The third-order valence-corrected chi connectivity index (χ3v) is 3.03. The molecule has 0 spiro atoms. The first kappa shape index (κ1) is 15.4. The number of alkyl halides is 3. The van der Waals surface area contributed by atoms with Gasteiger partial charge in [0.2, 0.25) is 0 Å². The number of rotatable bonds is 5. The Morgan fingerprint density at radius 1 is 1.33 bits per heavy atom. The second-order valence-corrected chi connectivity index (χ2v) is 4.40. The van der Waals surface area contributed by atoms with Gasteiger partial charge >= 0.3 is 6.18 Å². The maximum atomic E-state index is 13.0. The zero-order valence-electron chi connectivity index (χ0n) is 11.4. The molecular formula is C14H15F3N2O2. The molecule has 7 heteroatoms. The highest BCUT2D eigenvalue weighted by Crippen LogP contribution is 2.37. The maximum Gasteiger partial charge on any atom is 0.419 e. The van der Waals surface area contributed by atoms with Crippen molar-refractivity contribution in [1.82, 2.24) is 9.55 Å². The van der Waals surface area contributed by atoms with E-state index in [1.807, 2.05) is 6.92 Å². The standard InChI is InChI=1S/C14H15F3N2O2/c1-2-19-6-5-18-13(19)9-21-12-4-3-10(8-20)7-11(12)14(15,16)17/h3-7,20H,2,8-9H2,1H3. The lowest BCUT2D eigenvalue weighted by atomic mass is 10.1. The number of aliphatic hydroxyl groups is 1. The summed E-state index contributed by atoms with van der Waals surface area (Å²) in [5.74, 6) is 0.280. The zero-order valence-corrected chi connectivity index (χ0v) is 11.4. The van der Waals surface area contributed by atoms with E-state index in [-0.39, 0.29) is 17.9 Å². The van der Waals surface area contributed by atoms with Gasteiger partial charge in [0, 0.05) is 18.9 Å². The molecule has 0 amide bonds. The molecule has 0 unspecified atom stereocenters. The number of imidazole rings is 1. The molecule has 2 rings (SSSR count). The summed E-state index contributed by atoms with van der Waals surface area (Å²) in [5, 5.41) is 8.95. The van der Waals surface area contributed by atoms with Gasteiger partial charge in [0.1, 0.15) is 18.2 Å². The van der Waals surface area contributed by atoms with E-state index in [0.29, 0.717) is 12.4 Å². The molecule has 0 atom stereocenters. The first-order valence-electron chi connectivity index (χ1n) is 6.39. The van der Waals surface area contributed by atoms with E-state index in [1.54, 1.807) is 17.0 Å². The minimum Gasteiger partial charge on any atom is -0.485 e. The van der Waals surface area contributed by atoms with Crippen LogP contribution in [-0.2, 0) is 25.9 Å². The highest BCUT2D eigenvalue weighted by Gasteiger charge is 2.34. The Balaban J connectivity index is 2.23. The second-order valence-electron chi connectivity index (χ2n) is 4.40. The van der Waals surface area contributed by atoms with Gasteiger partial charge in [0.05, 0.1) is 12.2 Å². The average Bonchev–Trinajstić information content (AvgIpc) is 2.91. The molecule has 0 fully saturated rings. The van der Waals surface area contributed by atoms with Gasteiger partial charge in [-0.25, -0.2) is 4.98 Å². The minimum absolute atomic E-state index is 0.0532. The molecule has 21 heavy (non-hydrogen) atoms. The van der Waals surface area contributed by atoms with Crippen LogP contribution in [0.5, 0.6) is 5.75 Å². The summed E-state index contributed by atoms with van der Waals surface area (Å²) in [6.45, 7) is 2.06. The fourth-order valence-corrected chi connectivity index (χ4v) is 1.93. The number of hydrogen-bond acceptors (Lipinski definition) is 3. The van der Waals surface area contributed by atoms with Crippen LogP contribution in [0.4, 0.5) is 13.2 Å². The van der Waals surface area contributed by atoms with Crippen LogP contribution in [0.15, 0.2) is 30.6 Å². The van der Waals surface area contributed by atoms with Gasteiger partial charge in [0.15, 0.2) is 0 Å². The van der Waals surface area contributed by atoms with Gasteiger partial charge in [-0.05, 0) is 24.6 Å². The molecule has 2 aromatic rings. The number of aryl methyl sites for hydroxylation is 1. The van der Waals surface area contributed by atoms with Crippen LogP contribution in [0.25, 0.3) is 0 Å². The number of aromatic nitrogens is 2. The van der Waals surface area contributed by atoms with Gasteiger partial charge in [-0.2, -0.15) is 13.2 Å². The fourth-order valence-electron chi connectivity index (χ4n) is 1.93. The third-order valence-electron chi connectivity index (χ3n) is 3.03. The molecule has 1 aromatic heterocycles. The molecule has 0 aliphatic rings. The van der Waals surface area contributed by atoms with Crippen LogP contribution in [0.3, 0.4) is 0 Å². The van der Waals surface area contributed by atoms with Crippen molar-refractivity contribution in [1.29, 1.82) is 0 Å². The first-order chi connectivity index (χ1) is 9.95. The first-order valence-corrected chi connectivity index (χ1v) is 6.39. The van der Waals surface area contributed by atoms with E-state index in [2.05, 4.69) is 4.98 Å². The average molecular weight is 300 g/mol. The van der Waals surface area contributed by atoms with Crippen LogP contribution in [0.1, 0.15) is 23.9 Å². The lowest BCUT2D eigenvalue weighted by Gasteiger charge is -2.15. The molecule has 1 N–H and O–H groups in total. The smallest absolute Gasteiger partial charge is 0.419 e. The van der Waals surface area contributed by atoms with Crippen LogP contribution in [0, 0.1) is 0 Å². The van der Waals surface area contributed by atoms with E-state index < -0.39 is 18.3 Å². The van der Waals surface area contributed by atoms with Gasteiger partial charge in [-0.15, -0.1) is 0 Å². The zero-order chi connectivity index (χ0) is 15.5. The highest BCUT2D eigenvalue weighted by molar-refractivity contribution is 5.39. The molecule has 114 valence electrons. The van der Waals surface area contributed by atoms with Crippen molar-refractivity contribution in [2.24, 2.45) is 0 Å². The Kier molecular flexibility index (Phi) is 4.52. The molecule has 0 radical (unpaired) electrons. The normalized spacial score (nSPS) is 11.7. The SMILES string of the molecule is CCn1ccnc1COc1ccc(CO)cc1C(F)(F)F. The summed E-state index contributed by atoms with van der Waals surface area (Å²) in [6.07, 6.45) is -1.24. The fraction of sp³-hybridized carbons (Fsp3) is 0.357. The summed E-state index contributed by atoms with van der Waals surface area (Å²) in [5.41, 5.74) is -0.714. The number of ether oxygens (including phenoxy) is 1. The number of nitrogens with zero attached hydrogens (tertiary/aromatic N) is 2. The molecular weight excluding hydrogens is 285 g/mol. The molecule has 1 aromatic carbocycles. The monoisotopic (exact) mass is 300 g/mol. The summed E-state index contributed by atoms with van der Waals surface area (Å²) in [4.78, 5) is 4.04. The molecule has 0 bridgehead atoms. The molecule has 0 aliphatic carbocycles. The molecule has 1 heterocycles. The van der Waals surface area contributed by atoms with Gasteiger partial charge in [-0.1, -0.05) is 6.07 Å².